The molecule has 0 heterocycles. The number of methoxy groups -OCH3 is 6. The highest BCUT2D eigenvalue weighted by atomic mass is 32.2. The fourth-order valence-corrected chi connectivity index (χ4v) is 7.05. The summed E-state index contributed by atoms with van der Waals surface area (Å²) in [5.41, 5.74) is 1.81. The van der Waals surface area contributed by atoms with Gasteiger partial charge >= 0.3 is 0 Å². The number of phenols is 2. The molecule has 47 heavy (non-hydrogen) atoms. The van der Waals surface area contributed by atoms with Gasteiger partial charge in [-0.05, 0) is 47.5 Å². The molecule has 2 atom stereocenters. The molecule has 0 fully saturated rings. The van der Waals surface area contributed by atoms with Crippen molar-refractivity contribution in [3.63, 3.8) is 0 Å². The van der Waals surface area contributed by atoms with Crippen LogP contribution in [0.3, 0.4) is 0 Å². The van der Waals surface area contributed by atoms with Gasteiger partial charge in [0.1, 0.15) is 56.5 Å². The van der Waals surface area contributed by atoms with E-state index in [-0.39, 0.29) is 11.5 Å². The molecule has 4 aromatic carbocycles. The van der Waals surface area contributed by atoms with Crippen LogP contribution in [0.25, 0.3) is 12.2 Å². The maximum absolute atomic E-state index is 14.9. The van der Waals surface area contributed by atoms with Crippen molar-refractivity contribution in [3.8, 4) is 46.0 Å². The third-order valence-electron chi connectivity index (χ3n) is 7.53. The lowest BCUT2D eigenvalue weighted by Crippen LogP contribution is -2.19. The summed E-state index contributed by atoms with van der Waals surface area (Å²) >= 11 is 0. The summed E-state index contributed by atoms with van der Waals surface area (Å²) in [6.07, 6.45) is 6.34. The molecule has 0 saturated carbocycles. The third-order valence-corrected chi connectivity index (χ3v) is 9.81. The zero-order valence-corrected chi connectivity index (χ0v) is 27.8. The van der Waals surface area contributed by atoms with Gasteiger partial charge in [0, 0.05) is 24.3 Å². The second-order valence-corrected chi connectivity index (χ2v) is 12.4. The van der Waals surface area contributed by atoms with Crippen molar-refractivity contribution in [2.45, 2.75) is 10.5 Å². The molecule has 0 aliphatic rings. The van der Waals surface area contributed by atoms with Gasteiger partial charge in [-0.25, -0.2) is 8.42 Å². The molecule has 2 N–H and O–H groups in total. The summed E-state index contributed by atoms with van der Waals surface area (Å²) in [6.45, 7) is 0. The standard InChI is InChI=1S/C36H38O10S/c1-41-27-19-31(43-3)29(32(20-27)44-4)15-17-35(23-7-11-25(37)12-8-23)47(39,40)36(24-9-13-26(38)14-10-24)18-16-30-33(45-5)21-28(42-2)22-34(30)46-6/h7-22,35-38H,1-6H3. The average molecular weight is 663 g/mol. The van der Waals surface area contributed by atoms with E-state index in [0.717, 1.165) is 0 Å². The Kier molecular flexibility index (Phi) is 11.3. The monoisotopic (exact) mass is 662 g/mol. The Morgan fingerprint density at radius 3 is 1.06 bits per heavy atom. The topological polar surface area (TPSA) is 130 Å². The van der Waals surface area contributed by atoms with E-state index in [1.165, 1.54) is 66.9 Å². The van der Waals surface area contributed by atoms with Crippen molar-refractivity contribution in [3.05, 3.63) is 107 Å². The largest absolute Gasteiger partial charge is 0.508 e. The predicted molar refractivity (Wildman–Crippen MR) is 181 cm³/mol. The Morgan fingerprint density at radius 2 is 0.809 bits per heavy atom. The number of sulfone groups is 1. The number of rotatable bonds is 14. The van der Waals surface area contributed by atoms with Crippen LogP contribution >= 0.6 is 0 Å². The van der Waals surface area contributed by atoms with Crippen molar-refractivity contribution in [2.24, 2.45) is 0 Å². The fraction of sp³-hybridized carbons (Fsp3) is 0.222. The second kappa shape index (κ2) is 15.3. The normalized spacial score (nSPS) is 12.9. The van der Waals surface area contributed by atoms with Gasteiger partial charge in [-0.2, -0.15) is 0 Å². The zero-order valence-electron chi connectivity index (χ0n) is 27.0. The lowest BCUT2D eigenvalue weighted by Gasteiger charge is -2.22. The van der Waals surface area contributed by atoms with Gasteiger partial charge in [0.25, 0.3) is 0 Å². The number of phenolic OH excluding ortho intramolecular Hbond substituents is 2. The molecule has 0 radical (unpaired) electrons. The number of hydrogen-bond donors (Lipinski definition) is 2. The minimum absolute atomic E-state index is 0.0129. The van der Waals surface area contributed by atoms with Crippen molar-refractivity contribution in [2.75, 3.05) is 42.7 Å². The molecule has 0 amide bonds. The predicted octanol–water partition coefficient (Wildman–Crippen LogP) is 6.77. The Balaban J connectivity index is 1.93. The quantitative estimate of drug-likeness (QED) is 0.149. The number of ether oxygens (including phenoxy) is 6. The Bertz CT molecular complexity index is 1650. The fourth-order valence-electron chi connectivity index (χ4n) is 5.07. The van der Waals surface area contributed by atoms with E-state index in [4.69, 9.17) is 28.4 Å². The lowest BCUT2D eigenvalue weighted by molar-refractivity contribution is 0.374. The van der Waals surface area contributed by atoms with Crippen LogP contribution in [-0.2, 0) is 9.84 Å². The van der Waals surface area contributed by atoms with Crippen LogP contribution in [0.2, 0.25) is 0 Å². The highest BCUT2D eigenvalue weighted by Gasteiger charge is 2.34. The molecule has 10 nitrogen and oxygen atoms in total. The summed E-state index contributed by atoms with van der Waals surface area (Å²) in [5, 5.41) is 17.6. The molecule has 248 valence electrons. The van der Waals surface area contributed by atoms with E-state index in [2.05, 4.69) is 0 Å². The van der Waals surface area contributed by atoms with Gasteiger partial charge in [0.2, 0.25) is 0 Å². The first-order valence-electron chi connectivity index (χ1n) is 14.4. The smallest absolute Gasteiger partial charge is 0.171 e. The zero-order chi connectivity index (χ0) is 34.1. The number of benzene rings is 4. The Labute approximate surface area is 274 Å². The van der Waals surface area contributed by atoms with Crippen LogP contribution < -0.4 is 28.4 Å². The summed E-state index contributed by atoms with van der Waals surface area (Å²) < 4.78 is 62.8. The van der Waals surface area contributed by atoms with Crippen molar-refractivity contribution >= 4 is 22.0 Å². The van der Waals surface area contributed by atoms with E-state index in [1.54, 1.807) is 72.8 Å². The molecule has 4 aromatic rings. The first kappa shape index (κ1) is 34.6. The highest BCUT2D eigenvalue weighted by Crippen LogP contribution is 2.42. The summed E-state index contributed by atoms with van der Waals surface area (Å²) in [7, 11) is 4.82. The SMILES string of the molecule is COc1cc(OC)c(C=CC(c2ccc(O)cc2)S(=O)(=O)C(C=Cc2c(OC)cc(OC)cc2OC)c2ccc(O)cc2)c(OC)c1. The van der Waals surface area contributed by atoms with Crippen LogP contribution in [0.5, 0.6) is 46.0 Å². The van der Waals surface area contributed by atoms with Gasteiger partial charge in [-0.1, -0.05) is 36.4 Å². The molecule has 2 unspecified atom stereocenters. The molecule has 0 spiro atoms. The molecule has 11 heteroatoms. The Hall–Kier alpha value is -5.29. The summed E-state index contributed by atoms with van der Waals surface area (Å²) in [6, 6.07) is 18.6. The first-order valence-corrected chi connectivity index (χ1v) is 16.0. The summed E-state index contributed by atoms with van der Waals surface area (Å²) in [4.78, 5) is 0. The van der Waals surface area contributed by atoms with Crippen LogP contribution in [0.4, 0.5) is 0 Å². The van der Waals surface area contributed by atoms with Gasteiger partial charge in [0.15, 0.2) is 9.84 Å². The Morgan fingerprint density at radius 1 is 0.511 bits per heavy atom. The molecular weight excluding hydrogens is 624 g/mol. The maximum atomic E-state index is 14.9. The van der Waals surface area contributed by atoms with Gasteiger partial charge in [-0.15, -0.1) is 0 Å². The molecule has 0 bridgehead atoms. The maximum Gasteiger partial charge on any atom is 0.171 e. The molecule has 4 rings (SSSR count). The molecule has 0 aliphatic carbocycles. The van der Waals surface area contributed by atoms with Gasteiger partial charge in [0.05, 0.1) is 53.8 Å². The molecular formula is C36H38O10S. The number of hydrogen-bond acceptors (Lipinski definition) is 10. The van der Waals surface area contributed by atoms with Crippen molar-refractivity contribution in [1.29, 1.82) is 0 Å². The van der Waals surface area contributed by atoms with E-state index in [9.17, 15) is 18.6 Å². The lowest BCUT2D eigenvalue weighted by atomic mass is 10.1. The van der Waals surface area contributed by atoms with Crippen LogP contribution in [0, 0.1) is 0 Å². The third kappa shape index (κ3) is 7.75. The minimum atomic E-state index is -4.19. The van der Waals surface area contributed by atoms with Gasteiger partial charge < -0.3 is 38.6 Å². The van der Waals surface area contributed by atoms with E-state index < -0.39 is 20.3 Å². The van der Waals surface area contributed by atoms with Crippen LogP contribution in [-0.4, -0.2) is 61.3 Å². The molecule has 0 aromatic heterocycles. The first-order chi connectivity index (χ1) is 22.6. The van der Waals surface area contributed by atoms with E-state index >= 15 is 0 Å². The van der Waals surface area contributed by atoms with E-state index in [0.29, 0.717) is 56.8 Å². The van der Waals surface area contributed by atoms with Crippen molar-refractivity contribution in [1.82, 2.24) is 0 Å². The molecule has 0 aliphatic heterocycles. The molecule has 0 saturated heterocycles. The van der Waals surface area contributed by atoms with Crippen LogP contribution in [0.15, 0.2) is 84.9 Å². The second-order valence-electron chi connectivity index (χ2n) is 10.2. The highest BCUT2D eigenvalue weighted by molar-refractivity contribution is 7.92. The van der Waals surface area contributed by atoms with Crippen molar-refractivity contribution < 1.29 is 47.1 Å². The number of aromatic hydroxyl groups is 2. The van der Waals surface area contributed by atoms with E-state index in [1.807, 2.05) is 0 Å². The minimum Gasteiger partial charge on any atom is -0.508 e. The van der Waals surface area contributed by atoms with Crippen LogP contribution in [0.1, 0.15) is 32.8 Å². The summed E-state index contributed by atoms with van der Waals surface area (Å²) in [5.74, 6) is 2.62. The average Bonchev–Trinajstić information content (AvgIpc) is 3.09. The van der Waals surface area contributed by atoms with Gasteiger partial charge in [-0.3, -0.25) is 0 Å².